The number of anilines is 1. The number of amidine groups is 1. The van der Waals surface area contributed by atoms with Crippen molar-refractivity contribution in [1.82, 2.24) is 15.3 Å². The zero-order chi connectivity index (χ0) is 12.3. The Morgan fingerprint density at radius 2 is 2.29 bits per heavy atom. The highest BCUT2D eigenvalue weighted by Gasteiger charge is 2.13. The lowest BCUT2D eigenvalue weighted by molar-refractivity contribution is 0.397. The summed E-state index contributed by atoms with van der Waals surface area (Å²) in [5.74, 6) is 1.93. The van der Waals surface area contributed by atoms with E-state index in [4.69, 9.17) is 16.3 Å². The van der Waals surface area contributed by atoms with E-state index in [0.29, 0.717) is 29.1 Å². The van der Waals surface area contributed by atoms with Crippen LogP contribution in [-0.2, 0) is 0 Å². The van der Waals surface area contributed by atoms with Crippen molar-refractivity contribution in [1.29, 1.82) is 0 Å². The van der Waals surface area contributed by atoms with Crippen LogP contribution < -0.4 is 15.4 Å². The highest BCUT2D eigenvalue weighted by Crippen LogP contribution is 2.28. The van der Waals surface area contributed by atoms with Gasteiger partial charge in [0, 0.05) is 6.54 Å². The normalized spacial score (nSPS) is 14.2. The molecule has 1 aliphatic heterocycles. The molecule has 17 heavy (non-hydrogen) atoms. The van der Waals surface area contributed by atoms with Crippen LogP contribution in [0.5, 0.6) is 5.88 Å². The van der Waals surface area contributed by atoms with Crippen LogP contribution in [0.25, 0.3) is 0 Å². The minimum absolute atomic E-state index is 0.355. The zero-order valence-electron chi connectivity index (χ0n) is 9.75. The van der Waals surface area contributed by atoms with E-state index in [1.165, 1.54) is 0 Å². The SMILES string of the molecule is COc1nc(C)nc(Cl)c1NCC1=NCCN1. The third-order valence-corrected chi connectivity index (χ3v) is 2.59. The van der Waals surface area contributed by atoms with Crippen molar-refractivity contribution >= 4 is 23.1 Å². The minimum Gasteiger partial charge on any atom is -0.479 e. The van der Waals surface area contributed by atoms with Crippen LogP contribution in [0.2, 0.25) is 5.15 Å². The summed E-state index contributed by atoms with van der Waals surface area (Å²) in [6.45, 7) is 4.02. The van der Waals surface area contributed by atoms with Gasteiger partial charge in [-0.25, -0.2) is 4.98 Å². The first-order valence-corrected chi connectivity index (χ1v) is 5.67. The van der Waals surface area contributed by atoms with E-state index in [-0.39, 0.29) is 0 Å². The van der Waals surface area contributed by atoms with Gasteiger partial charge in [0.1, 0.15) is 17.3 Å². The Morgan fingerprint density at radius 3 is 2.94 bits per heavy atom. The van der Waals surface area contributed by atoms with Gasteiger partial charge in [0.15, 0.2) is 5.15 Å². The summed E-state index contributed by atoms with van der Waals surface area (Å²) >= 11 is 6.05. The number of nitrogens with one attached hydrogen (secondary N) is 2. The average molecular weight is 256 g/mol. The minimum atomic E-state index is 0.355. The highest BCUT2D eigenvalue weighted by atomic mass is 35.5. The molecule has 0 saturated heterocycles. The van der Waals surface area contributed by atoms with Crippen molar-refractivity contribution in [3.63, 3.8) is 0 Å². The molecule has 2 N–H and O–H groups in total. The average Bonchev–Trinajstić information content (AvgIpc) is 2.79. The fourth-order valence-electron chi connectivity index (χ4n) is 1.55. The number of ether oxygens (including phenoxy) is 1. The molecule has 0 fully saturated rings. The lowest BCUT2D eigenvalue weighted by atomic mass is 10.4. The summed E-state index contributed by atoms with van der Waals surface area (Å²) in [4.78, 5) is 12.5. The molecule has 92 valence electrons. The summed E-state index contributed by atoms with van der Waals surface area (Å²) in [7, 11) is 1.55. The van der Waals surface area contributed by atoms with E-state index in [1.807, 2.05) is 0 Å². The van der Waals surface area contributed by atoms with Crippen molar-refractivity contribution < 1.29 is 4.74 Å². The second-order valence-electron chi connectivity index (χ2n) is 3.55. The molecule has 0 bridgehead atoms. The van der Waals surface area contributed by atoms with Crippen LogP contribution in [0.1, 0.15) is 5.82 Å². The molecule has 7 heteroatoms. The third-order valence-electron chi connectivity index (χ3n) is 2.31. The van der Waals surface area contributed by atoms with E-state index in [2.05, 4.69) is 25.6 Å². The van der Waals surface area contributed by atoms with Gasteiger partial charge in [0.2, 0.25) is 5.88 Å². The van der Waals surface area contributed by atoms with Crippen molar-refractivity contribution in [2.24, 2.45) is 4.99 Å². The number of hydrogen-bond donors (Lipinski definition) is 2. The molecule has 1 aromatic rings. The molecule has 2 rings (SSSR count). The molecule has 0 amide bonds. The lowest BCUT2D eigenvalue weighted by Crippen LogP contribution is -2.26. The molecule has 1 aromatic heterocycles. The van der Waals surface area contributed by atoms with Crippen LogP contribution in [0.15, 0.2) is 4.99 Å². The van der Waals surface area contributed by atoms with E-state index in [9.17, 15) is 0 Å². The van der Waals surface area contributed by atoms with Gasteiger partial charge in [-0.05, 0) is 6.92 Å². The second kappa shape index (κ2) is 5.18. The molecular formula is C10H14ClN5O. The second-order valence-corrected chi connectivity index (χ2v) is 3.91. The fraction of sp³-hybridized carbons (Fsp3) is 0.500. The Kier molecular flexibility index (Phi) is 3.63. The van der Waals surface area contributed by atoms with Gasteiger partial charge in [0.25, 0.3) is 0 Å². The Balaban J connectivity index is 2.13. The Hall–Kier alpha value is -1.56. The fourth-order valence-corrected chi connectivity index (χ4v) is 1.82. The topological polar surface area (TPSA) is 71.4 Å². The van der Waals surface area contributed by atoms with Gasteiger partial charge < -0.3 is 15.4 Å². The molecule has 0 saturated carbocycles. The Bertz CT molecular complexity index is 449. The van der Waals surface area contributed by atoms with Crippen molar-refractivity contribution in [2.75, 3.05) is 32.1 Å². The quantitative estimate of drug-likeness (QED) is 0.781. The smallest absolute Gasteiger partial charge is 0.242 e. The van der Waals surface area contributed by atoms with Crippen LogP contribution in [0, 0.1) is 6.92 Å². The number of aromatic nitrogens is 2. The molecule has 0 spiro atoms. The van der Waals surface area contributed by atoms with Gasteiger partial charge in [0.05, 0.1) is 20.2 Å². The van der Waals surface area contributed by atoms with Gasteiger partial charge in [-0.1, -0.05) is 11.6 Å². The lowest BCUT2D eigenvalue weighted by Gasteiger charge is -2.12. The number of halogens is 1. The van der Waals surface area contributed by atoms with Crippen molar-refractivity contribution in [2.45, 2.75) is 6.92 Å². The largest absolute Gasteiger partial charge is 0.479 e. The number of aliphatic imine (C=N–C) groups is 1. The number of aryl methyl sites for hydroxylation is 1. The number of methoxy groups -OCH3 is 1. The monoisotopic (exact) mass is 255 g/mol. The van der Waals surface area contributed by atoms with E-state index < -0.39 is 0 Å². The highest BCUT2D eigenvalue weighted by molar-refractivity contribution is 6.32. The maximum absolute atomic E-state index is 6.05. The zero-order valence-corrected chi connectivity index (χ0v) is 10.5. The van der Waals surface area contributed by atoms with E-state index >= 15 is 0 Å². The molecule has 0 atom stereocenters. The van der Waals surface area contributed by atoms with Gasteiger partial charge in [-0.3, -0.25) is 4.99 Å². The van der Waals surface area contributed by atoms with Crippen LogP contribution in [0.3, 0.4) is 0 Å². The molecular weight excluding hydrogens is 242 g/mol. The molecule has 1 aliphatic rings. The number of hydrogen-bond acceptors (Lipinski definition) is 6. The molecule has 0 aliphatic carbocycles. The summed E-state index contributed by atoms with van der Waals surface area (Å²) < 4.78 is 5.16. The van der Waals surface area contributed by atoms with E-state index in [0.717, 1.165) is 18.9 Å². The van der Waals surface area contributed by atoms with Crippen LogP contribution in [0.4, 0.5) is 5.69 Å². The van der Waals surface area contributed by atoms with E-state index in [1.54, 1.807) is 14.0 Å². The molecule has 0 radical (unpaired) electrons. The van der Waals surface area contributed by atoms with Crippen LogP contribution in [-0.4, -0.2) is 42.5 Å². The first kappa shape index (κ1) is 11.9. The van der Waals surface area contributed by atoms with Crippen molar-refractivity contribution in [3.8, 4) is 5.88 Å². The molecule has 0 aromatic carbocycles. The summed E-state index contributed by atoms with van der Waals surface area (Å²) in [6, 6.07) is 0. The Morgan fingerprint density at radius 1 is 1.47 bits per heavy atom. The summed E-state index contributed by atoms with van der Waals surface area (Å²) in [5, 5.41) is 6.64. The van der Waals surface area contributed by atoms with Gasteiger partial charge in [-0.2, -0.15) is 4.98 Å². The molecule has 0 unspecified atom stereocenters. The first-order valence-electron chi connectivity index (χ1n) is 5.30. The molecule has 2 heterocycles. The van der Waals surface area contributed by atoms with Gasteiger partial charge >= 0.3 is 0 Å². The third kappa shape index (κ3) is 2.76. The maximum atomic E-state index is 6.05. The maximum Gasteiger partial charge on any atom is 0.242 e. The standard InChI is InChI=1S/C10H14ClN5O/c1-6-15-9(11)8(10(16-6)17-2)14-5-7-12-3-4-13-7/h14H,3-5H2,1-2H3,(H,12,13). The number of nitrogens with zero attached hydrogens (tertiary/aromatic N) is 3. The van der Waals surface area contributed by atoms with Crippen LogP contribution >= 0.6 is 11.6 Å². The van der Waals surface area contributed by atoms with Crippen molar-refractivity contribution in [3.05, 3.63) is 11.0 Å². The predicted molar refractivity (Wildman–Crippen MR) is 67.1 cm³/mol. The van der Waals surface area contributed by atoms with Gasteiger partial charge in [-0.15, -0.1) is 0 Å². The number of rotatable bonds is 4. The predicted octanol–water partition coefficient (Wildman–Crippen LogP) is 0.861. The summed E-state index contributed by atoms with van der Waals surface area (Å²) in [6.07, 6.45) is 0. The molecule has 6 nitrogen and oxygen atoms in total. The summed E-state index contributed by atoms with van der Waals surface area (Å²) in [5.41, 5.74) is 0.594. The first-order chi connectivity index (χ1) is 8.20. The Labute approximate surface area is 104 Å².